The Labute approximate surface area is 174 Å². The van der Waals surface area contributed by atoms with Gasteiger partial charge in [-0.15, -0.1) is 24.0 Å². The highest BCUT2D eigenvalue weighted by Gasteiger charge is 2.01. The van der Waals surface area contributed by atoms with Crippen LogP contribution in [0.2, 0.25) is 0 Å². The zero-order valence-electron chi connectivity index (χ0n) is 16.3. The van der Waals surface area contributed by atoms with Crippen molar-refractivity contribution < 1.29 is 0 Å². The molecule has 0 radical (unpaired) electrons. The maximum Gasteiger partial charge on any atom is 0.190 e. The Hall–Kier alpha value is -1.57. The van der Waals surface area contributed by atoms with E-state index in [0.29, 0.717) is 5.92 Å². The van der Waals surface area contributed by atoms with Crippen molar-refractivity contribution in [1.29, 1.82) is 0 Å². The molecule has 2 rings (SSSR count). The van der Waals surface area contributed by atoms with E-state index >= 15 is 0 Å². The van der Waals surface area contributed by atoms with E-state index in [0.717, 1.165) is 38.3 Å². The van der Waals surface area contributed by atoms with Crippen LogP contribution in [0.15, 0.2) is 41.7 Å². The van der Waals surface area contributed by atoms with Gasteiger partial charge in [0.05, 0.1) is 6.20 Å². The molecule has 0 spiro atoms. The second-order valence-corrected chi connectivity index (χ2v) is 6.70. The zero-order valence-corrected chi connectivity index (χ0v) is 18.7. The topological polar surface area (TPSA) is 54.2 Å². The Kier molecular flexibility index (Phi) is 10.3. The largest absolute Gasteiger partial charge is 0.356 e. The molecule has 0 fully saturated rings. The number of guanidine groups is 1. The third-order valence-corrected chi connectivity index (χ3v) is 4.27. The highest BCUT2D eigenvalue weighted by Crippen LogP contribution is 2.15. The molecule has 0 bridgehead atoms. The Balaban J connectivity index is 0.00000338. The van der Waals surface area contributed by atoms with Gasteiger partial charge in [-0.3, -0.25) is 9.67 Å². The molecular weight excluding hydrogens is 437 g/mol. The van der Waals surface area contributed by atoms with Gasteiger partial charge in [0.25, 0.3) is 0 Å². The van der Waals surface area contributed by atoms with Gasteiger partial charge in [0.2, 0.25) is 0 Å². The molecule has 0 aliphatic carbocycles. The lowest BCUT2D eigenvalue weighted by Crippen LogP contribution is -2.38. The van der Waals surface area contributed by atoms with E-state index in [2.05, 4.69) is 58.8 Å². The van der Waals surface area contributed by atoms with Gasteiger partial charge in [0.15, 0.2) is 5.96 Å². The number of nitrogens with one attached hydrogen (secondary N) is 2. The number of aromatic nitrogens is 2. The summed E-state index contributed by atoms with van der Waals surface area (Å²) in [5.74, 6) is 1.45. The summed E-state index contributed by atoms with van der Waals surface area (Å²) in [6.45, 7) is 6.22. The Morgan fingerprint density at radius 3 is 2.35 bits per heavy atom. The Morgan fingerprint density at radius 1 is 1.08 bits per heavy atom. The van der Waals surface area contributed by atoms with Gasteiger partial charge in [-0.1, -0.05) is 38.1 Å². The minimum Gasteiger partial charge on any atom is -0.356 e. The lowest BCUT2D eigenvalue weighted by molar-refractivity contribution is 0.738. The van der Waals surface area contributed by atoms with Crippen molar-refractivity contribution in [3.8, 4) is 0 Å². The average molecular weight is 469 g/mol. The van der Waals surface area contributed by atoms with E-state index in [1.165, 1.54) is 16.7 Å². The van der Waals surface area contributed by atoms with E-state index in [1.54, 1.807) is 0 Å². The van der Waals surface area contributed by atoms with E-state index in [9.17, 15) is 0 Å². The summed E-state index contributed by atoms with van der Waals surface area (Å²) < 4.78 is 1.83. The number of aryl methyl sites for hydroxylation is 2. The highest BCUT2D eigenvalue weighted by atomic mass is 127. The third kappa shape index (κ3) is 7.76. The van der Waals surface area contributed by atoms with Gasteiger partial charge in [-0.05, 0) is 41.9 Å². The first-order valence-electron chi connectivity index (χ1n) is 9.09. The van der Waals surface area contributed by atoms with Crippen LogP contribution < -0.4 is 10.6 Å². The fourth-order valence-electron chi connectivity index (χ4n) is 2.72. The van der Waals surface area contributed by atoms with Crippen molar-refractivity contribution in [3.05, 3.63) is 53.3 Å². The normalized spacial score (nSPS) is 11.3. The molecule has 144 valence electrons. The minimum atomic E-state index is 0. The molecule has 0 saturated carbocycles. The third-order valence-electron chi connectivity index (χ3n) is 4.27. The summed E-state index contributed by atoms with van der Waals surface area (Å²) >= 11 is 0. The average Bonchev–Trinajstić information content (AvgIpc) is 3.02. The second-order valence-electron chi connectivity index (χ2n) is 6.70. The molecule has 2 aromatic rings. The minimum absolute atomic E-state index is 0. The van der Waals surface area contributed by atoms with Crippen molar-refractivity contribution in [2.45, 2.75) is 39.0 Å². The van der Waals surface area contributed by atoms with Gasteiger partial charge in [-0.2, -0.15) is 5.10 Å². The molecular formula is C20H32IN5. The summed E-state index contributed by atoms with van der Waals surface area (Å²) in [6.07, 6.45) is 7.06. The maximum absolute atomic E-state index is 4.27. The van der Waals surface area contributed by atoms with Gasteiger partial charge in [0.1, 0.15) is 0 Å². The van der Waals surface area contributed by atoms with Crippen molar-refractivity contribution in [2.24, 2.45) is 12.0 Å². The zero-order chi connectivity index (χ0) is 18.1. The maximum atomic E-state index is 4.27. The smallest absolute Gasteiger partial charge is 0.190 e. The van der Waals surface area contributed by atoms with Crippen LogP contribution in [0.3, 0.4) is 0 Å². The predicted molar refractivity (Wildman–Crippen MR) is 121 cm³/mol. The van der Waals surface area contributed by atoms with Crippen LogP contribution in [0.1, 0.15) is 42.9 Å². The van der Waals surface area contributed by atoms with E-state index in [1.807, 2.05) is 31.2 Å². The van der Waals surface area contributed by atoms with Crippen LogP contribution in [0.5, 0.6) is 0 Å². The molecule has 0 amide bonds. The number of halogens is 1. The highest BCUT2D eigenvalue weighted by molar-refractivity contribution is 14.0. The lowest BCUT2D eigenvalue weighted by atomic mass is 10.0. The molecule has 26 heavy (non-hydrogen) atoms. The molecule has 5 nitrogen and oxygen atoms in total. The van der Waals surface area contributed by atoms with Gasteiger partial charge >= 0.3 is 0 Å². The molecule has 0 aliphatic rings. The van der Waals surface area contributed by atoms with Crippen LogP contribution in [0, 0.1) is 0 Å². The number of nitrogens with zero attached hydrogens (tertiary/aromatic N) is 3. The van der Waals surface area contributed by atoms with E-state index in [-0.39, 0.29) is 24.0 Å². The first kappa shape index (κ1) is 22.5. The van der Waals surface area contributed by atoms with Crippen LogP contribution in [-0.2, 0) is 19.9 Å². The van der Waals surface area contributed by atoms with E-state index < -0.39 is 0 Å². The Bertz CT molecular complexity index is 661. The van der Waals surface area contributed by atoms with Gasteiger partial charge in [-0.25, -0.2) is 0 Å². The molecule has 0 atom stereocenters. The lowest BCUT2D eigenvalue weighted by Gasteiger charge is -2.12. The number of aliphatic imine (C=N–C) groups is 1. The molecule has 1 aromatic heterocycles. The second kappa shape index (κ2) is 11.9. The molecule has 0 saturated heterocycles. The van der Waals surface area contributed by atoms with Gasteiger partial charge in [0, 0.05) is 33.4 Å². The molecule has 0 aliphatic heterocycles. The van der Waals surface area contributed by atoms with E-state index in [4.69, 9.17) is 0 Å². The van der Waals surface area contributed by atoms with Crippen LogP contribution >= 0.6 is 24.0 Å². The molecule has 2 N–H and O–H groups in total. The van der Waals surface area contributed by atoms with Crippen LogP contribution in [-0.4, -0.2) is 35.9 Å². The van der Waals surface area contributed by atoms with Crippen molar-refractivity contribution in [2.75, 3.05) is 20.1 Å². The summed E-state index contributed by atoms with van der Waals surface area (Å²) in [5, 5.41) is 10.9. The first-order valence-corrected chi connectivity index (χ1v) is 9.09. The van der Waals surface area contributed by atoms with Crippen LogP contribution in [0.4, 0.5) is 0 Å². The first-order chi connectivity index (χ1) is 12.1. The summed E-state index contributed by atoms with van der Waals surface area (Å²) in [5.41, 5.74) is 4.03. The SMILES string of the molecule is CN=C(NCCCc1ccc(C(C)C)cc1)NCCc1cnn(C)c1.I. The Morgan fingerprint density at radius 2 is 1.77 bits per heavy atom. The molecule has 1 aromatic carbocycles. The fraction of sp³-hybridized carbons (Fsp3) is 0.500. The fourth-order valence-corrected chi connectivity index (χ4v) is 2.72. The standard InChI is InChI=1S/C20H31N5.HI/c1-16(2)19-9-7-17(8-10-19)6-5-12-22-20(21-3)23-13-11-18-14-24-25(4)15-18;/h7-10,14-16H,5-6,11-13H2,1-4H3,(H2,21,22,23);1H. The molecule has 6 heteroatoms. The molecule has 1 heterocycles. The van der Waals surface area contributed by atoms with Crippen molar-refractivity contribution >= 4 is 29.9 Å². The van der Waals surface area contributed by atoms with Crippen LogP contribution in [0.25, 0.3) is 0 Å². The van der Waals surface area contributed by atoms with Crippen molar-refractivity contribution in [3.63, 3.8) is 0 Å². The quantitative estimate of drug-likeness (QED) is 0.269. The molecule has 0 unspecified atom stereocenters. The van der Waals surface area contributed by atoms with Crippen molar-refractivity contribution in [1.82, 2.24) is 20.4 Å². The monoisotopic (exact) mass is 469 g/mol. The summed E-state index contributed by atoms with van der Waals surface area (Å²) in [4.78, 5) is 4.27. The summed E-state index contributed by atoms with van der Waals surface area (Å²) in [6, 6.07) is 8.98. The predicted octanol–water partition coefficient (Wildman–Crippen LogP) is 3.50. The number of benzene rings is 1. The number of rotatable bonds is 8. The number of hydrogen-bond donors (Lipinski definition) is 2. The number of hydrogen-bond acceptors (Lipinski definition) is 2. The summed E-state index contributed by atoms with van der Waals surface area (Å²) in [7, 11) is 3.75. The van der Waals surface area contributed by atoms with Gasteiger partial charge < -0.3 is 10.6 Å².